The zero-order valence-corrected chi connectivity index (χ0v) is 26.1. The van der Waals surface area contributed by atoms with Crippen molar-refractivity contribution in [2.24, 2.45) is 40.4 Å². The molecule has 0 N–H and O–H groups in total. The van der Waals surface area contributed by atoms with Crippen molar-refractivity contribution in [2.75, 3.05) is 0 Å². The van der Waals surface area contributed by atoms with Gasteiger partial charge in [0, 0.05) is 12.0 Å². The quantitative estimate of drug-likeness (QED) is 0.281. The second kappa shape index (κ2) is 9.92. The summed E-state index contributed by atoms with van der Waals surface area (Å²) in [6.45, 7) is 12.5. The van der Waals surface area contributed by atoms with Crippen molar-refractivity contribution in [1.82, 2.24) is 0 Å². The maximum atomic E-state index is 7.68. The van der Waals surface area contributed by atoms with Crippen LogP contribution in [0.2, 0.25) is 5.04 Å². The number of terminal acetylenes is 1. The third kappa shape index (κ3) is 4.21. The van der Waals surface area contributed by atoms with Crippen molar-refractivity contribution < 1.29 is 4.43 Å². The minimum Gasteiger partial charge on any atom is -0.404 e. The number of fused-ring (bicyclic) bond motifs is 5. The molecule has 4 aliphatic carbocycles. The molecule has 0 unspecified atom stereocenters. The molecule has 6 rings (SSSR count). The molecule has 4 aliphatic rings. The highest BCUT2D eigenvalue weighted by Crippen LogP contribution is 2.67. The topological polar surface area (TPSA) is 9.23 Å². The molecule has 0 spiro atoms. The molecule has 4 saturated carbocycles. The molecule has 39 heavy (non-hydrogen) atoms. The van der Waals surface area contributed by atoms with E-state index in [9.17, 15) is 0 Å². The van der Waals surface area contributed by atoms with Gasteiger partial charge >= 0.3 is 0 Å². The van der Waals surface area contributed by atoms with Crippen LogP contribution in [-0.2, 0) is 4.43 Å². The molecule has 0 heterocycles. The van der Waals surface area contributed by atoms with E-state index in [-0.39, 0.29) is 5.04 Å². The van der Waals surface area contributed by atoms with Gasteiger partial charge in [-0.15, -0.1) is 12.3 Å². The lowest BCUT2D eigenvalue weighted by molar-refractivity contribution is -0.122. The number of benzene rings is 2. The SMILES string of the molecule is C#C[C@H]1CC[C@H]2[C@@H]3CC[C@H]4C[C@H](O[Si](c5ccccc5)(c5ccccc5)C(C)(C)C)CC[C@]4(C)[C@H]3CC[C@]12C. The summed E-state index contributed by atoms with van der Waals surface area (Å²) in [6.07, 6.45) is 18.3. The lowest BCUT2D eigenvalue weighted by Gasteiger charge is -2.61. The predicted molar refractivity (Wildman–Crippen MR) is 167 cm³/mol. The first-order valence-electron chi connectivity index (χ1n) is 15.9. The zero-order chi connectivity index (χ0) is 27.5. The summed E-state index contributed by atoms with van der Waals surface area (Å²) in [5.74, 6) is 7.11. The van der Waals surface area contributed by atoms with Gasteiger partial charge in [0.25, 0.3) is 8.32 Å². The van der Waals surface area contributed by atoms with Crippen LogP contribution in [-0.4, -0.2) is 14.4 Å². The fraction of sp³-hybridized carbons (Fsp3) is 0.622. The van der Waals surface area contributed by atoms with Gasteiger partial charge < -0.3 is 4.43 Å². The summed E-state index contributed by atoms with van der Waals surface area (Å²) in [6, 6.07) is 22.5. The predicted octanol–water partition coefficient (Wildman–Crippen LogP) is 8.22. The molecule has 2 aromatic rings. The largest absolute Gasteiger partial charge is 0.404 e. The van der Waals surface area contributed by atoms with Gasteiger partial charge in [0.2, 0.25) is 0 Å². The lowest BCUT2D eigenvalue weighted by Crippen LogP contribution is -2.68. The maximum Gasteiger partial charge on any atom is 0.261 e. The molecule has 0 amide bonds. The van der Waals surface area contributed by atoms with Crippen molar-refractivity contribution >= 4 is 18.7 Å². The van der Waals surface area contributed by atoms with E-state index in [2.05, 4.69) is 101 Å². The number of rotatable bonds is 4. The summed E-state index contributed by atoms with van der Waals surface area (Å²) >= 11 is 0. The van der Waals surface area contributed by atoms with Gasteiger partial charge in [-0.3, -0.25) is 0 Å². The van der Waals surface area contributed by atoms with Crippen LogP contribution in [0.3, 0.4) is 0 Å². The Kier molecular flexibility index (Phi) is 6.96. The van der Waals surface area contributed by atoms with Crippen molar-refractivity contribution in [2.45, 2.75) is 104 Å². The van der Waals surface area contributed by atoms with Crippen molar-refractivity contribution in [3.8, 4) is 12.3 Å². The summed E-state index contributed by atoms with van der Waals surface area (Å²) in [7, 11) is -2.51. The lowest BCUT2D eigenvalue weighted by atomic mass is 9.44. The Morgan fingerprint density at radius 2 is 1.36 bits per heavy atom. The Hall–Kier alpha value is -1.82. The van der Waals surface area contributed by atoms with E-state index in [1.54, 1.807) is 0 Å². The van der Waals surface area contributed by atoms with Gasteiger partial charge in [-0.05, 0) is 108 Å². The normalized spacial score (nSPS) is 38.3. The molecule has 4 fully saturated rings. The van der Waals surface area contributed by atoms with E-state index in [0.29, 0.717) is 22.9 Å². The smallest absolute Gasteiger partial charge is 0.261 e. The Balaban J connectivity index is 1.28. The van der Waals surface area contributed by atoms with Crippen LogP contribution in [0.1, 0.15) is 92.4 Å². The van der Waals surface area contributed by atoms with Crippen LogP contribution in [0.15, 0.2) is 60.7 Å². The Bertz CT molecular complexity index is 1150. The molecular weight excluding hydrogens is 488 g/mol. The van der Waals surface area contributed by atoms with E-state index >= 15 is 0 Å². The molecule has 2 aromatic carbocycles. The van der Waals surface area contributed by atoms with Crippen LogP contribution >= 0.6 is 0 Å². The summed E-state index contributed by atoms with van der Waals surface area (Å²) in [4.78, 5) is 0. The van der Waals surface area contributed by atoms with Crippen molar-refractivity contribution in [1.29, 1.82) is 0 Å². The van der Waals surface area contributed by atoms with Crippen molar-refractivity contribution in [3.63, 3.8) is 0 Å². The highest BCUT2D eigenvalue weighted by Gasteiger charge is 2.61. The van der Waals surface area contributed by atoms with Crippen molar-refractivity contribution in [3.05, 3.63) is 60.7 Å². The fourth-order valence-electron chi connectivity index (χ4n) is 10.5. The van der Waals surface area contributed by atoms with Gasteiger partial charge in [0.05, 0.1) is 0 Å². The summed E-state index contributed by atoms with van der Waals surface area (Å²) < 4.78 is 7.68. The molecule has 1 nitrogen and oxygen atoms in total. The van der Waals surface area contributed by atoms with E-state index in [0.717, 1.165) is 23.7 Å². The molecule has 2 heteroatoms. The molecule has 0 aliphatic heterocycles. The zero-order valence-electron chi connectivity index (χ0n) is 25.1. The monoisotopic (exact) mass is 538 g/mol. The molecule has 8 atom stereocenters. The van der Waals surface area contributed by atoms with Gasteiger partial charge in [0.15, 0.2) is 0 Å². The van der Waals surface area contributed by atoms with Crippen LogP contribution in [0.25, 0.3) is 0 Å². The molecule has 0 bridgehead atoms. The number of hydrogen-bond donors (Lipinski definition) is 0. The Morgan fingerprint density at radius 1 is 0.769 bits per heavy atom. The molecule has 0 saturated heterocycles. The Labute approximate surface area is 239 Å². The van der Waals surface area contributed by atoms with Crippen LogP contribution < -0.4 is 10.4 Å². The maximum absolute atomic E-state index is 7.68. The van der Waals surface area contributed by atoms with Gasteiger partial charge in [-0.25, -0.2) is 0 Å². The third-order valence-electron chi connectivity index (χ3n) is 12.6. The molecule has 0 aromatic heterocycles. The summed E-state index contributed by atoms with van der Waals surface area (Å²) in [5, 5.41) is 2.87. The Morgan fingerprint density at radius 3 is 1.95 bits per heavy atom. The van der Waals surface area contributed by atoms with E-state index in [4.69, 9.17) is 10.8 Å². The average molecular weight is 539 g/mol. The highest BCUT2D eigenvalue weighted by atomic mass is 28.4. The van der Waals surface area contributed by atoms with E-state index < -0.39 is 8.32 Å². The van der Waals surface area contributed by atoms with Crippen LogP contribution in [0.5, 0.6) is 0 Å². The molecule has 0 radical (unpaired) electrons. The first-order valence-corrected chi connectivity index (χ1v) is 17.8. The van der Waals surface area contributed by atoms with E-state index in [1.165, 1.54) is 68.2 Å². The second-order valence-electron chi connectivity index (χ2n) is 15.2. The van der Waals surface area contributed by atoms with Crippen LogP contribution in [0.4, 0.5) is 0 Å². The minimum atomic E-state index is -2.51. The standard InChI is InChI=1S/C37H50OSi/c1-7-27-19-21-33-32-20-18-28-26-29(22-24-37(28,6)34(32)23-25-36(27,33)5)38-39(35(2,3)4,30-14-10-8-11-15-30)31-16-12-9-13-17-31/h1,8-17,27-29,32-34H,18-26H2,2-6H3/t27-,28-,29+,32-,33-,34-,36+,37-/m0/s1. The van der Waals surface area contributed by atoms with Gasteiger partial charge in [-0.2, -0.15) is 0 Å². The van der Waals surface area contributed by atoms with Gasteiger partial charge in [0.1, 0.15) is 0 Å². The first kappa shape index (κ1) is 27.4. The summed E-state index contributed by atoms with van der Waals surface area (Å²) in [5.41, 5.74) is 0.854. The molecular formula is C37H50OSi. The fourth-order valence-corrected chi connectivity index (χ4v) is 15.3. The van der Waals surface area contributed by atoms with Gasteiger partial charge in [-0.1, -0.05) is 95.3 Å². The highest BCUT2D eigenvalue weighted by molar-refractivity contribution is 6.99. The molecule has 208 valence electrons. The first-order chi connectivity index (χ1) is 18.6. The third-order valence-corrected chi connectivity index (χ3v) is 17.7. The van der Waals surface area contributed by atoms with E-state index in [1.807, 2.05) is 0 Å². The number of hydrogen-bond acceptors (Lipinski definition) is 1. The average Bonchev–Trinajstić information content (AvgIpc) is 3.28. The second-order valence-corrected chi connectivity index (χ2v) is 19.4. The minimum absolute atomic E-state index is 0.0397. The van der Waals surface area contributed by atoms with Crippen LogP contribution in [0, 0.1) is 52.8 Å².